The molecule has 0 unspecified atom stereocenters. The van der Waals surface area contributed by atoms with Crippen LogP contribution >= 0.6 is 11.3 Å². The SMILES string of the molecule is Cc1csc(-c2cc3cc([N+](=O)[O-])ccc3oc2=O)n1. The summed E-state index contributed by atoms with van der Waals surface area (Å²) < 4.78 is 5.18. The van der Waals surface area contributed by atoms with Crippen molar-refractivity contribution in [1.29, 1.82) is 0 Å². The Hall–Kier alpha value is -2.54. The highest BCUT2D eigenvalue weighted by Crippen LogP contribution is 2.26. The fourth-order valence-corrected chi connectivity index (χ4v) is 2.65. The summed E-state index contributed by atoms with van der Waals surface area (Å²) >= 11 is 1.33. The number of nitro benzene ring substituents is 1. The summed E-state index contributed by atoms with van der Waals surface area (Å²) in [5.74, 6) is 0. The van der Waals surface area contributed by atoms with Crippen LogP contribution in [0.2, 0.25) is 0 Å². The molecule has 0 aliphatic carbocycles. The van der Waals surface area contributed by atoms with Gasteiger partial charge in [0.1, 0.15) is 10.6 Å². The number of rotatable bonds is 2. The molecule has 0 aliphatic rings. The van der Waals surface area contributed by atoms with Crippen LogP contribution in [-0.4, -0.2) is 9.91 Å². The Balaban J connectivity index is 2.25. The fourth-order valence-electron chi connectivity index (χ4n) is 1.85. The first-order chi connectivity index (χ1) is 9.54. The lowest BCUT2D eigenvalue weighted by atomic mass is 10.2. The van der Waals surface area contributed by atoms with Gasteiger partial charge in [-0.1, -0.05) is 0 Å². The van der Waals surface area contributed by atoms with E-state index in [1.165, 1.54) is 29.5 Å². The van der Waals surface area contributed by atoms with E-state index < -0.39 is 10.5 Å². The third-order valence-electron chi connectivity index (χ3n) is 2.78. The van der Waals surface area contributed by atoms with Gasteiger partial charge < -0.3 is 4.42 Å². The molecule has 100 valence electrons. The molecule has 3 rings (SSSR count). The van der Waals surface area contributed by atoms with Crippen molar-refractivity contribution in [3.63, 3.8) is 0 Å². The van der Waals surface area contributed by atoms with Gasteiger partial charge in [0.15, 0.2) is 0 Å². The molecule has 0 atom stereocenters. The number of non-ortho nitro benzene ring substituents is 1. The minimum atomic E-state index is -0.499. The molecule has 0 saturated heterocycles. The van der Waals surface area contributed by atoms with Gasteiger partial charge >= 0.3 is 5.63 Å². The Labute approximate surface area is 116 Å². The van der Waals surface area contributed by atoms with Crippen LogP contribution < -0.4 is 5.63 Å². The van der Waals surface area contributed by atoms with Gasteiger partial charge in [-0.05, 0) is 19.1 Å². The minimum Gasteiger partial charge on any atom is -0.422 e. The summed E-state index contributed by atoms with van der Waals surface area (Å²) in [5, 5.41) is 13.6. The van der Waals surface area contributed by atoms with E-state index in [1.807, 2.05) is 12.3 Å². The monoisotopic (exact) mass is 288 g/mol. The summed E-state index contributed by atoms with van der Waals surface area (Å²) in [6, 6.07) is 5.68. The van der Waals surface area contributed by atoms with Crippen molar-refractivity contribution in [2.45, 2.75) is 6.92 Å². The van der Waals surface area contributed by atoms with Gasteiger partial charge in [0.25, 0.3) is 5.69 Å². The molecule has 0 fully saturated rings. The van der Waals surface area contributed by atoms with Crippen LogP contribution in [0.5, 0.6) is 0 Å². The molecular weight excluding hydrogens is 280 g/mol. The second-order valence-electron chi connectivity index (χ2n) is 4.22. The van der Waals surface area contributed by atoms with Crippen molar-refractivity contribution in [2.24, 2.45) is 0 Å². The fraction of sp³-hybridized carbons (Fsp3) is 0.0769. The van der Waals surface area contributed by atoms with E-state index in [-0.39, 0.29) is 5.69 Å². The zero-order valence-corrected chi connectivity index (χ0v) is 11.1. The number of thiazole rings is 1. The zero-order valence-electron chi connectivity index (χ0n) is 10.3. The molecule has 2 aromatic heterocycles. The van der Waals surface area contributed by atoms with Crippen LogP contribution in [0.4, 0.5) is 5.69 Å². The number of fused-ring (bicyclic) bond motifs is 1. The van der Waals surface area contributed by atoms with Gasteiger partial charge in [0.2, 0.25) is 0 Å². The molecule has 3 aromatic rings. The van der Waals surface area contributed by atoms with Crippen LogP contribution in [-0.2, 0) is 0 Å². The van der Waals surface area contributed by atoms with E-state index in [0.717, 1.165) is 5.69 Å². The molecule has 0 aliphatic heterocycles. The third kappa shape index (κ3) is 2.08. The second-order valence-corrected chi connectivity index (χ2v) is 5.08. The molecule has 20 heavy (non-hydrogen) atoms. The molecule has 0 amide bonds. The number of aromatic nitrogens is 1. The number of nitrogens with zero attached hydrogens (tertiary/aromatic N) is 2. The van der Waals surface area contributed by atoms with Crippen LogP contribution in [0.25, 0.3) is 21.5 Å². The largest absolute Gasteiger partial charge is 0.422 e. The predicted molar refractivity (Wildman–Crippen MR) is 75.0 cm³/mol. The maximum absolute atomic E-state index is 11.9. The van der Waals surface area contributed by atoms with Crippen molar-refractivity contribution >= 4 is 28.0 Å². The normalized spacial score (nSPS) is 10.8. The van der Waals surface area contributed by atoms with Gasteiger partial charge in [-0.3, -0.25) is 10.1 Å². The molecule has 0 spiro atoms. The number of hydrogen-bond donors (Lipinski definition) is 0. The van der Waals surface area contributed by atoms with Crippen molar-refractivity contribution < 1.29 is 9.34 Å². The average molecular weight is 288 g/mol. The molecular formula is C13H8N2O4S. The van der Waals surface area contributed by atoms with Gasteiger partial charge in [-0.25, -0.2) is 9.78 Å². The smallest absolute Gasteiger partial charge is 0.346 e. The van der Waals surface area contributed by atoms with Gasteiger partial charge in [-0.2, -0.15) is 0 Å². The lowest BCUT2D eigenvalue weighted by Crippen LogP contribution is -2.02. The van der Waals surface area contributed by atoms with Crippen LogP contribution in [0.15, 0.2) is 38.9 Å². The first kappa shape index (κ1) is 12.5. The first-order valence-electron chi connectivity index (χ1n) is 5.69. The third-order valence-corrected chi connectivity index (χ3v) is 3.77. The maximum atomic E-state index is 11.9. The Kier molecular flexibility index (Phi) is 2.83. The van der Waals surface area contributed by atoms with E-state index in [1.54, 1.807) is 6.07 Å². The highest BCUT2D eigenvalue weighted by molar-refractivity contribution is 7.13. The van der Waals surface area contributed by atoms with Crippen LogP contribution in [0.3, 0.4) is 0 Å². The molecule has 0 N–H and O–H groups in total. The zero-order chi connectivity index (χ0) is 14.3. The van der Waals surface area contributed by atoms with Crippen molar-refractivity contribution in [3.05, 3.63) is 55.9 Å². The van der Waals surface area contributed by atoms with E-state index in [9.17, 15) is 14.9 Å². The Morgan fingerprint density at radius 2 is 2.15 bits per heavy atom. The molecule has 2 heterocycles. The first-order valence-corrected chi connectivity index (χ1v) is 6.57. The van der Waals surface area contributed by atoms with E-state index in [0.29, 0.717) is 21.5 Å². The van der Waals surface area contributed by atoms with Gasteiger partial charge in [-0.15, -0.1) is 11.3 Å². The maximum Gasteiger partial charge on any atom is 0.346 e. The highest BCUT2D eigenvalue weighted by Gasteiger charge is 2.13. The second kappa shape index (κ2) is 4.53. The van der Waals surface area contributed by atoms with Gasteiger partial charge in [0, 0.05) is 28.6 Å². The number of aryl methyl sites for hydroxylation is 1. The topological polar surface area (TPSA) is 86.2 Å². The van der Waals surface area contributed by atoms with Crippen molar-refractivity contribution in [1.82, 2.24) is 4.98 Å². The summed E-state index contributed by atoms with van der Waals surface area (Å²) in [7, 11) is 0. The van der Waals surface area contributed by atoms with Crippen LogP contribution in [0.1, 0.15) is 5.69 Å². The molecule has 6 nitrogen and oxygen atoms in total. The van der Waals surface area contributed by atoms with E-state index in [4.69, 9.17) is 4.42 Å². The van der Waals surface area contributed by atoms with Crippen molar-refractivity contribution in [2.75, 3.05) is 0 Å². The molecule has 0 bridgehead atoms. The Morgan fingerprint density at radius 3 is 2.80 bits per heavy atom. The summed E-state index contributed by atoms with van der Waals surface area (Å²) in [6.07, 6.45) is 0. The molecule has 1 aromatic carbocycles. The quantitative estimate of drug-likeness (QED) is 0.411. The number of benzene rings is 1. The summed E-state index contributed by atoms with van der Waals surface area (Å²) in [5.41, 5.74) is 0.894. The molecule has 0 saturated carbocycles. The van der Waals surface area contributed by atoms with Crippen LogP contribution in [0, 0.1) is 17.0 Å². The Bertz CT molecular complexity index is 881. The molecule has 7 heteroatoms. The van der Waals surface area contributed by atoms with E-state index >= 15 is 0 Å². The summed E-state index contributed by atoms with van der Waals surface area (Å²) in [4.78, 5) is 26.4. The Morgan fingerprint density at radius 1 is 1.35 bits per heavy atom. The number of hydrogen-bond acceptors (Lipinski definition) is 6. The standard InChI is InChI=1S/C13H8N2O4S/c1-7-6-20-12(14-7)10-5-8-4-9(15(17)18)2-3-11(8)19-13(10)16/h2-6H,1H3. The van der Waals surface area contributed by atoms with Crippen molar-refractivity contribution in [3.8, 4) is 10.6 Å². The molecule has 0 radical (unpaired) electrons. The highest BCUT2D eigenvalue weighted by atomic mass is 32.1. The minimum absolute atomic E-state index is 0.0485. The van der Waals surface area contributed by atoms with E-state index in [2.05, 4.69) is 4.98 Å². The lowest BCUT2D eigenvalue weighted by molar-refractivity contribution is -0.384. The predicted octanol–water partition coefficient (Wildman–Crippen LogP) is 3.13. The lowest BCUT2D eigenvalue weighted by Gasteiger charge is -1.99. The average Bonchev–Trinajstić information content (AvgIpc) is 2.83. The number of nitro groups is 1. The summed E-state index contributed by atoms with van der Waals surface area (Å²) in [6.45, 7) is 1.83. The van der Waals surface area contributed by atoms with Gasteiger partial charge in [0.05, 0.1) is 10.5 Å².